The van der Waals surface area contributed by atoms with Crippen molar-refractivity contribution in [2.24, 2.45) is 5.92 Å². The average molecular weight is 562 g/mol. The maximum Gasteiger partial charge on any atom is 0.509 e. The summed E-state index contributed by atoms with van der Waals surface area (Å²) in [5, 5.41) is 6.21. The Morgan fingerprint density at radius 1 is 0.925 bits per heavy atom. The zero-order chi connectivity index (χ0) is 30.3. The van der Waals surface area contributed by atoms with Gasteiger partial charge in [-0.25, -0.2) is 14.4 Å². The minimum absolute atomic E-state index is 0.0138. The number of para-hydroxylation sites is 1. The van der Waals surface area contributed by atoms with Gasteiger partial charge in [0, 0.05) is 23.5 Å². The summed E-state index contributed by atoms with van der Waals surface area (Å²) in [7, 11) is 1.22. The first-order valence-corrected chi connectivity index (χ1v) is 13.3. The molecule has 3 N–H and O–H groups in total. The molecule has 0 saturated carbocycles. The molecule has 1 aromatic heterocycles. The van der Waals surface area contributed by atoms with E-state index in [4.69, 9.17) is 18.9 Å². The lowest BCUT2D eigenvalue weighted by molar-refractivity contribution is -0.147. The van der Waals surface area contributed by atoms with E-state index >= 15 is 0 Å². The number of aromatic nitrogens is 1. The van der Waals surface area contributed by atoms with Gasteiger partial charge < -0.3 is 34.6 Å². The highest BCUT2D eigenvalue weighted by atomic mass is 16.7. The number of H-pyrrole nitrogens is 1. The topological polar surface area (TPSA) is 145 Å². The summed E-state index contributed by atoms with van der Waals surface area (Å²) in [5.74, 6) is -1.50. The van der Waals surface area contributed by atoms with E-state index in [1.165, 1.54) is 7.11 Å². The van der Waals surface area contributed by atoms with Gasteiger partial charge in [-0.3, -0.25) is 4.79 Å². The van der Waals surface area contributed by atoms with Crippen LogP contribution in [-0.2, 0) is 35.0 Å². The van der Waals surface area contributed by atoms with Crippen molar-refractivity contribution in [2.45, 2.75) is 97.6 Å². The smallest absolute Gasteiger partial charge is 0.467 e. The van der Waals surface area contributed by atoms with Crippen LogP contribution in [0.15, 0.2) is 30.5 Å². The first-order valence-electron chi connectivity index (χ1n) is 13.3. The van der Waals surface area contributed by atoms with E-state index in [1.54, 1.807) is 47.7 Å². The highest BCUT2D eigenvalue weighted by molar-refractivity contribution is 5.90. The number of nitrogens with one attached hydrogen (secondary N) is 3. The van der Waals surface area contributed by atoms with Crippen LogP contribution in [0.25, 0.3) is 10.9 Å². The average Bonchev–Trinajstić information content (AvgIpc) is 3.21. The Labute approximate surface area is 235 Å². The second-order valence-corrected chi connectivity index (χ2v) is 12.0. The molecule has 3 atom stereocenters. The molecule has 1 aromatic carbocycles. The number of esters is 1. The van der Waals surface area contributed by atoms with E-state index in [1.807, 2.05) is 38.1 Å². The summed E-state index contributed by atoms with van der Waals surface area (Å²) < 4.78 is 21.1. The van der Waals surface area contributed by atoms with Crippen LogP contribution in [0.2, 0.25) is 0 Å². The lowest BCUT2D eigenvalue weighted by atomic mass is 9.97. The Morgan fingerprint density at radius 3 is 2.12 bits per heavy atom. The van der Waals surface area contributed by atoms with Crippen LogP contribution in [0.1, 0.15) is 67.4 Å². The van der Waals surface area contributed by atoms with Crippen molar-refractivity contribution in [2.75, 3.05) is 7.11 Å². The number of methoxy groups -OCH3 is 1. The van der Waals surface area contributed by atoms with Gasteiger partial charge in [-0.2, -0.15) is 0 Å². The fourth-order valence-corrected chi connectivity index (χ4v) is 4.03. The molecule has 2 rings (SSSR count). The van der Waals surface area contributed by atoms with Crippen LogP contribution >= 0.6 is 0 Å². The van der Waals surface area contributed by atoms with Crippen molar-refractivity contribution in [3.63, 3.8) is 0 Å². The van der Waals surface area contributed by atoms with E-state index in [0.717, 1.165) is 16.5 Å². The van der Waals surface area contributed by atoms with Gasteiger partial charge >= 0.3 is 18.2 Å². The maximum absolute atomic E-state index is 13.7. The summed E-state index contributed by atoms with van der Waals surface area (Å²) in [6, 6.07) is 5.45. The molecule has 0 aliphatic heterocycles. The first-order chi connectivity index (χ1) is 18.5. The van der Waals surface area contributed by atoms with E-state index < -0.39 is 53.5 Å². The second-order valence-electron chi connectivity index (χ2n) is 12.0. The van der Waals surface area contributed by atoms with Crippen molar-refractivity contribution in [3.05, 3.63) is 36.0 Å². The molecule has 0 fully saturated rings. The van der Waals surface area contributed by atoms with Crippen LogP contribution in [-0.4, -0.2) is 65.6 Å². The molecule has 11 heteroatoms. The van der Waals surface area contributed by atoms with Gasteiger partial charge in [0.15, 0.2) is 0 Å². The minimum Gasteiger partial charge on any atom is -0.467 e. The van der Waals surface area contributed by atoms with Gasteiger partial charge in [0.2, 0.25) is 6.10 Å². The van der Waals surface area contributed by atoms with Crippen molar-refractivity contribution in [1.82, 2.24) is 15.6 Å². The third kappa shape index (κ3) is 10.4. The Kier molecular flexibility index (Phi) is 11.0. The summed E-state index contributed by atoms with van der Waals surface area (Å²) in [6.07, 6.45) is -1.31. The predicted octanol–water partition coefficient (Wildman–Crippen LogP) is 4.63. The molecule has 0 unspecified atom stereocenters. The molecular weight excluding hydrogens is 518 g/mol. The monoisotopic (exact) mass is 561 g/mol. The molecule has 1 heterocycles. The number of rotatable bonds is 10. The van der Waals surface area contributed by atoms with Gasteiger partial charge in [0.25, 0.3) is 5.91 Å². The molecule has 222 valence electrons. The van der Waals surface area contributed by atoms with Crippen LogP contribution in [0.3, 0.4) is 0 Å². The Hall–Kier alpha value is -3.76. The second kappa shape index (κ2) is 13.5. The fraction of sp³-hybridized carbons (Fsp3) is 0.586. The molecule has 0 aliphatic carbocycles. The van der Waals surface area contributed by atoms with Gasteiger partial charge in [-0.05, 0) is 65.5 Å². The number of alkyl carbamates (subject to hydrolysis) is 1. The number of benzene rings is 1. The third-order valence-electron chi connectivity index (χ3n) is 5.57. The Bertz CT molecular complexity index is 1180. The molecule has 11 nitrogen and oxygen atoms in total. The third-order valence-corrected chi connectivity index (χ3v) is 5.57. The maximum atomic E-state index is 13.7. The van der Waals surface area contributed by atoms with Crippen molar-refractivity contribution in [1.29, 1.82) is 0 Å². The van der Waals surface area contributed by atoms with Crippen LogP contribution in [0.4, 0.5) is 9.59 Å². The number of fused-ring (bicyclic) bond motifs is 1. The molecule has 0 radical (unpaired) electrons. The quantitative estimate of drug-likeness (QED) is 0.281. The summed E-state index contributed by atoms with van der Waals surface area (Å²) >= 11 is 0. The van der Waals surface area contributed by atoms with Gasteiger partial charge in [-0.1, -0.05) is 32.0 Å². The van der Waals surface area contributed by atoms with E-state index in [9.17, 15) is 19.2 Å². The highest BCUT2D eigenvalue weighted by Crippen LogP contribution is 2.21. The molecule has 2 aromatic rings. The van der Waals surface area contributed by atoms with E-state index in [2.05, 4.69) is 15.6 Å². The molecular formula is C29H43N3O8. The predicted molar refractivity (Wildman–Crippen MR) is 150 cm³/mol. The van der Waals surface area contributed by atoms with Gasteiger partial charge in [0.05, 0.1) is 13.2 Å². The number of carbonyl (C=O) groups excluding carboxylic acids is 4. The Balaban J connectivity index is 2.39. The number of amides is 2. The zero-order valence-electron chi connectivity index (χ0n) is 24.9. The molecule has 40 heavy (non-hydrogen) atoms. The summed E-state index contributed by atoms with van der Waals surface area (Å²) in [4.78, 5) is 55.0. The number of hydrogen-bond acceptors (Lipinski definition) is 8. The molecule has 0 spiro atoms. The van der Waals surface area contributed by atoms with Gasteiger partial charge in [0.1, 0.15) is 17.2 Å². The molecule has 0 saturated heterocycles. The molecule has 0 aliphatic rings. The van der Waals surface area contributed by atoms with E-state index in [0.29, 0.717) is 0 Å². The first kappa shape index (κ1) is 32.5. The Morgan fingerprint density at radius 2 is 1.55 bits per heavy atom. The number of aromatic amines is 1. The minimum atomic E-state index is -1.54. The number of hydrogen-bond donors (Lipinski definition) is 3. The zero-order valence-corrected chi connectivity index (χ0v) is 24.9. The van der Waals surface area contributed by atoms with Crippen LogP contribution < -0.4 is 10.6 Å². The van der Waals surface area contributed by atoms with Crippen molar-refractivity contribution in [3.8, 4) is 0 Å². The number of carbonyl (C=O) groups is 4. The normalized spacial score (nSPS) is 14.2. The van der Waals surface area contributed by atoms with Crippen LogP contribution in [0, 0.1) is 5.92 Å². The van der Waals surface area contributed by atoms with Crippen molar-refractivity contribution < 1.29 is 38.1 Å². The van der Waals surface area contributed by atoms with Crippen LogP contribution in [0.5, 0.6) is 0 Å². The van der Waals surface area contributed by atoms with E-state index in [-0.39, 0.29) is 18.8 Å². The SMILES string of the molecule is COC(=O)[C@H](Cc1c[nH]c2ccccc12)NC(=O)[C@H](OC(=O)OC(C)(C)C)[C@H](CC(C)C)NC(=O)OC(C)(C)C. The largest absolute Gasteiger partial charge is 0.509 e. The number of ether oxygens (including phenoxy) is 4. The van der Waals surface area contributed by atoms with Crippen molar-refractivity contribution >= 4 is 35.0 Å². The lowest BCUT2D eigenvalue weighted by Crippen LogP contribution is -2.56. The summed E-state index contributed by atoms with van der Waals surface area (Å²) in [5.41, 5.74) is -0.0432. The summed E-state index contributed by atoms with van der Waals surface area (Å²) in [6.45, 7) is 13.9. The molecule has 2 amide bonds. The molecule has 0 bridgehead atoms. The highest BCUT2D eigenvalue weighted by Gasteiger charge is 2.38. The standard InChI is InChI=1S/C29H43N3O8/c1-17(2)14-21(32-26(35)39-28(3,4)5)23(38-27(36)40-29(6,7)8)24(33)31-22(25(34)37-9)15-18-16-30-20-13-11-10-12-19(18)20/h10-13,16-17,21-23,30H,14-15H2,1-9H3,(H,31,33)(H,32,35)/t21-,22-,23+/m0/s1. The lowest BCUT2D eigenvalue weighted by Gasteiger charge is -2.31. The fourth-order valence-electron chi connectivity index (χ4n) is 4.03. The van der Waals surface area contributed by atoms with Gasteiger partial charge in [-0.15, -0.1) is 0 Å².